The van der Waals surface area contributed by atoms with Gasteiger partial charge in [0.05, 0.1) is 18.2 Å². The summed E-state index contributed by atoms with van der Waals surface area (Å²) in [6, 6.07) is 10.7. The van der Waals surface area contributed by atoms with Gasteiger partial charge >= 0.3 is 0 Å². The van der Waals surface area contributed by atoms with Crippen LogP contribution in [0.3, 0.4) is 0 Å². The highest BCUT2D eigenvalue weighted by Gasteiger charge is 2.41. The lowest BCUT2D eigenvalue weighted by Gasteiger charge is -2.46. The molecule has 1 fully saturated rings. The molecule has 1 aliphatic carbocycles. The smallest absolute Gasteiger partial charge is 0.204 e. The monoisotopic (exact) mass is 498 g/mol. The predicted molar refractivity (Wildman–Crippen MR) is 129 cm³/mol. The molecule has 2 aromatic rings. The summed E-state index contributed by atoms with van der Waals surface area (Å²) in [5, 5.41) is 3.31. The molecule has 1 saturated carbocycles. The molecule has 6 nitrogen and oxygen atoms in total. The van der Waals surface area contributed by atoms with Crippen molar-refractivity contribution in [3.05, 3.63) is 64.7 Å². The van der Waals surface area contributed by atoms with Crippen LogP contribution in [0.5, 0.6) is 5.75 Å². The van der Waals surface area contributed by atoms with Gasteiger partial charge in [0.1, 0.15) is 24.0 Å². The Kier molecular flexibility index (Phi) is 14.0. The zero-order valence-electron chi connectivity index (χ0n) is 19.6. The molecule has 188 valence electrons. The summed E-state index contributed by atoms with van der Waals surface area (Å²) >= 11 is 5.41. The molecule has 0 aliphatic heterocycles. The summed E-state index contributed by atoms with van der Waals surface area (Å²) in [4.78, 5) is 18.5. The Hall–Kier alpha value is -2.55. The molecule has 0 heterocycles. The van der Waals surface area contributed by atoms with Gasteiger partial charge in [-0.2, -0.15) is 0 Å². The summed E-state index contributed by atoms with van der Waals surface area (Å²) in [5.74, 6) is 0.388. The zero-order valence-corrected chi connectivity index (χ0v) is 20.3. The highest BCUT2D eigenvalue weighted by molar-refractivity contribution is 6.30. The number of rotatable bonds is 10. The molecule has 1 aliphatic rings. The van der Waals surface area contributed by atoms with Gasteiger partial charge in [-0.1, -0.05) is 30.7 Å². The van der Waals surface area contributed by atoms with Gasteiger partial charge in [0, 0.05) is 18.0 Å². The van der Waals surface area contributed by atoms with Gasteiger partial charge in [-0.25, -0.2) is 8.78 Å². The molecule has 2 aromatic carbocycles. The molecule has 3 N–H and O–H groups in total. The second-order valence-corrected chi connectivity index (χ2v) is 8.57. The third kappa shape index (κ3) is 11.0. The summed E-state index contributed by atoms with van der Waals surface area (Å²) in [6.07, 6.45) is 4.20. The number of amides is 1. The van der Waals surface area contributed by atoms with Gasteiger partial charge in [0.2, 0.25) is 6.41 Å². The van der Waals surface area contributed by atoms with Crippen molar-refractivity contribution in [2.75, 3.05) is 33.4 Å². The number of ether oxygens (including phenoxy) is 2. The van der Waals surface area contributed by atoms with Crippen molar-refractivity contribution in [3.8, 4) is 5.75 Å². The van der Waals surface area contributed by atoms with Crippen LogP contribution >= 0.6 is 11.6 Å². The lowest BCUT2D eigenvalue weighted by molar-refractivity contribution is -0.109. The second-order valence-electron chi connectivity index (χ2n) is 8.16. The number of halogens is 3. The van der Waals surface area contributed by atoms with Crippen molar-refractivity contribution < 1.29 is 27.8 Å². The van der Waals surface area contributed by atoms with Crippen LogP contribution < -0.4 is 15.8 Å². The number of nitrogens with two attached hydrogens (primary N) is 1. The lowest BCUT2D eigenvalue weighted by atomic mass is 9.63. The summed E-state index contributed by atoms with van der Waals surface area (Å²) in [6.45, 7) is 4.80. The summed E-state index contributed by atoms with van der Waals surface area (Å²) < 4.78 is 36.1. The van der Waals surface area contributed by atoms with E-state index in [2.05, 4.69) is 18.0 Å². The maximum Gasteiger partial charge on any atom is 0.204 e. The summed E-state index contributed by atoms with van der Waals surface area (Å²) in [5.41, 5.74) is 5.64. The molecule has 3 rings (SSSR count). The van der Waals surface area contributed by atoms with E-state index in [1.165, 1.54) is 37.1 Å². The van der Waals surface area contributed by atoms with Crippen LogP contribution in [0.15, 0.2) is 42.5 Å². The Balaban J connectivity index is 0.000000330. The van der Waals surface area contributed by atoms with E-state index >= 15 is 0 Å². The molecule has 0 aromatic heterocycles. The van der Waals surface area contributed by atoms with Gasteiger partial charge in [0.15, 0.2) is 6.29 Å². The predicted octanol–water partition coefficient (Wildman–Crippen LogP) is 4.18. The van der Waals surface area contributed by atoms with E-state index in [9.17, 15) is 13.6 Å². The van der Waals surface area contributed by atoms with Gasteiger partial charge < -0.3 is 20.5 Å². The average Bonchev–Trinajstić information content (AvgIpc) is 2.79. The first-order chi connectivity index (χ1) is 16.3. The first-order valence-electron chi connectivity index (χ1n) is 10.9. The Morgan fingerprint density at radius 3 is 2.35 bits per heavy atom. The van der Waals surface area contributed by atoms with Crippen molar-refractivity contribution in [2.45, 2.75) is 26.2 Å². The number of benzene rings is 2. The third-order valence-electron chi connectivity index (χ3n) is 5.18. The standard InChI is InChI=1S/C16H24FNO.C8H6ClFO2.CH3NO/c1-13-9-16(10-13,11-18-2)12-19-8-7-14-3-5-15(17)6-4-14;9-7-2-1-6(5-8(7)10)12-4-3-11;2-1-3/h3-6,13,18H,7-12H2,1-2H3;1-3,5H,4H2;1H,(H2,2,3). The number of hydrogen-bond acceptors (Lipinski definition) is 5. The molecular formula is C25H33ClF2N2O4. The highest BCUT2D eigenvalue weighted by Crippen LogP contribution is 2.45. The summed E-state index contributed by atoms with van der Waals surface area (Å²) in [7, 11) is 2.00. The van der Waals surface area contributed by atoms with Crippen LogP contribution in [-0.2, 0) is 20.7 Å². The molecule has 0 saturated heterocycles. The average molecular weight is 499 g/mol. The fraction of sp³-hybridized carbons (Fsp3) is 0.440. The fourth-order valence-corrected chi connectivity index (χ4v) is 4.05. The maximum absolute atomic E-state index is 12.8. The van der Waals surface area contributed by atoms with E-state index in [0.717, 1.165) is 37.1 Å². The normalized spacial score (nSPS) is 18.3. The van der Waals surface area contributed by atoms with Crippen molar-refractivity contribution >= 4 is 24.3 Å². The first kappa shape index (κ1) is 29.5. The van der Waals surface area contributed by atoms with E-state index in [1.807, 2.05) is 19.2 Å². The highest BCUT2D eigenvalue weighted by atomic mass is 35.5. The van der Waals surface area contributed by atoms with E-state index in [1.54, 1.807) is 0 Å². The van der Waals surface area contributed by atoms with E-state index < -0.39 is 5.82 Å². The lowest BCUT2D eigenvalue weighted by Crippen LogP contribution is -2.46. The first-order valence-corrected chi connectivity index (χ1v) is 11.3. The minimum absolute atomic E-state index is 0.0356. The Morgan fingerprint density at radius 2 is 1.82 bits per heavy atom. The van der Waals surface area contributed by atoms with Crippen LogP contribution in [0.25, 0.3) is 0 Å². The second kappa shape index (κ2) is 16.1. The molecule has 0 spiro atoms. The Labute approximate surface area is 204 Å². The molecule has 0 bridgehead atoms. The molecule has 1 amide bonds. The van der Waals surface area contributed by atoms with Crippen LogP contribution in [0.4, 0.5) is 8.78 Å². The number of nitrogens with one attached hydrogen (secondary N) is 1. The molecule has 0 radical (unpaired) electrons. The number of carbonyl (C=O) groups excluding carboxylic acids is 2. The van der Waals surface area contributed by atoms with Crippen molar-refractivity contribution in [1.82, 2.24) is 5.32 Å². The molecule has 0 atom stereocenters. The van der Waals surface area contributed by atoms with Crippen molar-refractivity contribution in [3.63, 3.8) is 0 Å². The topological polar surface area (TPSA) is 90.6 Å². The fourth-order valence-electron chi connectivity index (χ4n) is 3.93. The van der Waals surface area contributed by atoms with E-state index in [-0.39, 0.29) is 23.9 Å². The Bertz CT molecular complexity index is 857. The van der Waals surface area contributed by atoms with Gasteiger partial charge in [-0.3, -0.25) is 9.59 Å². The van der Waals surface area contributed by atoms with E-state index in [0.29, 0.717) is 24.1 Å². The minimum atomic E-state index is -0.555. The third-order valence-corrected chi connectivity index (χ3v) is 5.49. The largest absolute Gasteiger partial charge is 0.486 e. The van der Waals surface area contributed by atoms with E-state index in [4.69, 9.17) is 25.9 Å². The molecule has 9 heteroatoms. The number of hydrogen-bond donors (Lipinski definition) is 2. The van der Waals surface area contributed by atoms with Gasteiger partial charge in [0.25, 0.3) is 0 Å². The number of aldehydes is 1. The SMILES string of the molecule is CNCC1(COCCc2ccc(F)cc2)CC(C)C1.NC=O.O=CCOc1ccc(Cl)c(F)c1. The van der Waals surface area contributed by atoms with Crippen molar-refractivity contribution in [2.24, 2.45) is 17.1 Å². The van der Waals surface area contributed by atoms with Crippen molar-refractivity contribution in [1.29, 1.82) is 0 Å². The van der Waals surface area contributed by atoms with Gasteiger partial charge in [-0.15, -0.1) is 0 Å². The maximum atomic E-state index is 12.8. The molecule has 34 heavy (non-hydrogen) atoms. The molecule has 0 unspecified atom stereocenters. The van der Waals surface area contributed by atoms with Crippen LogP contribution in [0.1, 0.15) is 25.3 Å². The number of primary amides is 1. The van der Waals surface area contributed by atoms with Crippen LogP contribution in [-0.4, -0.2) is 46.1 Å². The van der Waals surface area contributed by atoms with Crippen LogP contribution in [0, 0.1) is 23.0 Å². The Morgan fingerprint density at radius 1 is 1.18 bits per heavy atom. The quantitative estimate of drug-likeness (QED) is 0.379. The zero-order chi connectivity index (χ0) is 25.4. The van der Waals surface area contributed by atoms with Crippen LogP contribution in [0.2, 0.25) is 5.02 Å². The minimum Gasteiger partial charge on any atom is -0.486 e. The molecular weight excluding hydrogens is 466 g/mol. The number of carbonyl (C=O) groups is 2. The van der Waals surface area contributed by atoms with Gasteiger partial charge in [-0.05, 0) is 62.1 Å².